The molecule has 0 fully saturated rings. The number of para-hydroxylation sites is 1. The van der Waals surface area contributed by atoms with Crippen molar-refractivity contribution in [3.8, 4) is 0 Å². The van der Waals surface area contributed by atoms with Crippen LogP contribution in [-0.4, -0.2) is 29.1 Å². The number of hydrogen-bond acceptors (Lipinski definition) is 5. The molecular weight excluding hydrogens is 524 g/mol. The van der Waals surface area contributed by atoms with Gasteiger partial charge >= 0.3 is 5.97 Å². The Bertz CT molecular complexity index is 1580. The van der Waals surface area contributed by atoms with E-state index in [1.54, 1.807) is 11.0 Å². The van der Waals surface area contributed by atoms with E-state index in [-0.39, 0.29) is 18.4 Å². The molecule has 0 radical (unpaired) electrons. The van der Waals surface area contributed by atoms with Crippen LogP contribution in [0.25, 0.3) is 10.9 Å². The van der Waals surface area contributed by atoms with Gasteiger partial charge in [-0.15, -0.1) is 22.7 Å². The lowest BCUT2D eigenvalue weighted by atomic mass is 9.95. The van der Waals surface area contributed by atoms with E-state index in [0.29, 0.717) is 16.3 Å². The zero-order valence-electron chi connectivity index (χ0n) is 21.8. The number of rotatable bonds is 8. The Labute approximate surface area is 236 Å². The van der Waals surface area contributed by atoms with Crippen molar-refractivity contribution < 1.29 is 14.3 Å². The molecule has 2 aromatic carbocycles. The second-order valence-electron chi connectivity index (χ2n) is 9.99. The third-order valence-electron chi connectivity index (χ3n) is 7.38. The Kier molecular flexibility index (Phi) is 7.35. The largest absolute Gasteiger partial charge is 0.454 e. The summed E-state index contributed by atoms with van der Waals surface area (Å²) in [6.07, 6.45) is 3.86. The number of hydrogen-bond donors (Lipinski definition) is 0. The van der Waals surface area contributed by atoms with Gasteiger partial charge in [-0.2, -0.15) is 0 Å². The quantitative estimate of drug-likeness (QED) is 0.186. The lowest BCUT2D eigenvalue weighted by molar-refractivity contribution is 0.0281. The van der Waals surface area contributed by atoms with E-state index in [2.05, 4.69) is 28.8 Å². The Morgan fingerprint density at radius 2 is 1.62 bits per heavy atom. The van der Waals surface area contributed by atoms with E-state index in [9.17, 15) is 9.59 Å². The molecule has 0 bridgehead atoms. The summed E-state index contributed by atoms with van der Waals surface area (Å²) in [4.78, 5) is 30.0. The minimum atomic E-state index is -0.549. The van der Waals surface area contributed by atoms with Gasteiger partial charge in [-0.1, -0.05) is 48.0 Å². The van der Waals surface area contributed by atoms with Crippen LogP contribution < -0.4 is 4.90 Å². The van der Waals surface area contributed by atoms with Gasteiger partial charge in [-0.3, -0.25) is 4.79 Å². The SMILES string of the molecule is Cc1ccc(N(C[C@H](Cn2c3c(c4ccccc42)CCCC3)OC(=O)c2cccs2)C(=O)c2cccs2)cc1. The van der Waals surface area contributed by atoms with E-state index >= 15 is 0 Å². The molecule has 1 amide bonds. The van der Waals surface area contributed by atoms with Crippen LogP contribution in [-0.2, 0) is 24.1 Å². The highest BCUT2D eigenvalue weighted by atomic mass is 32.1. The van der Waals surface area contributed by atoms with Crippen LogP contribution >= 0.6 is 22.7 Å². The van der Waals surface area contributed by atoms with E-state index in [1.807, 2.05) is 60.1 Å². The number of anilines is 1. The number of ether oxygens (including phenoxy) is 1. The predicted molar refractivity (Wildman–Crippen MR) is 159 cm³/mol. The average Bonchev–Trinajstić information content (AvgIpc) is 3.74. The monoisotopic (exact) mass is 554 g/mol. The van der Waals surface area contributed by atoms with Crippen molar-refractivity contribution in [2.75, 3.05) is 11.4 Å². The molecule has 1 aliphatic carbocycles. The summed E-state index contributed by atoms with van der Waals surface area (Å²) in [7, 11) is 0. The number of benzene rings is 2. The summed E-state index contributed by atoms with van der Waals surface area (Å²) >= 11 is 2.79. The lowest BCUT2D eigenvalue weighted by Gasteiger charge is -2.29. The highest BCUT2D eigenvalue weighted by molar-refractivity contribution is 7.12. The molecule has 7 heteroatoms. The van der Waals surface area contributed by atoms with Crippen LogP contribution in [0.3, 0.4) is 0 Å². The van der Waals surface area contributed by atoms with Crippen molar-refractivity contribution in [2.24, 2.45) is 0 Å². The van der Waals surface area contributed by atoms with Gasteiger partial charge in [0.05, 0.1) is 18.0 Å². The summed E-state index contributed by atoms with van der Waals surface area (Å²) in [6.45, 7) is 2.76. The van der Waals surface area contributed by atoms with Gasteiger partial charge in [0.1, 0.15) is 11.0 Å². The topological polar surface area (TPSA) is 51.5 Å². The number of aromatic nitrogens is 1. The van der Waals surface area contributed by atoms with Gasteiger partial charge in [-0.05, 0) is 79.3 Å². The van der Waals surface area contributed by atoms with Crippen LogP contribution in [0.15, 0.2) is 83.6 Å². The van der Waals surface area contributed by atoms with Gasteiger partial charge in [0.15, 0.2) is 0 Å². The van der Waals surface area contributed by atoms with Crippen molar-refractivity contribution in [3.63, 3.8) is 0 Å². The Morgan fingerprint density at radius 3 is 2.36 bits per heavy atom. The molecule has 1 aliphatic rings. The first kappa shape index (κ1) is 25.6. The summed E-state index contributed by atoms with van der Waals surface area (Å²) in [5, 5.41) is 5.06. The standard InChI is InChI=1S/C32H30N2O3S2/c1-22-14-16-23(17-15-22)33(31(35)29-12-6-18-38-29)20-24(37-32(36)30-13-7-19-39-30)21-34-27-10-4-2-8-25(27)26-9-3-5-11-28(26)34/h2,4,6-8,10,12-19,24H,3,5,9,11,20-21H2,1H3/t24-/m1/s1. The first-order chi connectivity index (χ1) is 19.1. The maximum Gasteiger partial charge on any atom is 0.348 e. The summed E-state index contributed by atoms with van der Waals surface area (Å²) in [5.41, 5.74) is 5.80. The molecule has 5 aromatic rings. The molecule has 39 heavy (non-hydrogen) atoms. The molecule has 0 aliphatic heterocycles. The highest BCUT2D eigenvalue weighted by Gasteiger charge is 2.28. The second-order valence-corrected chi connectivity index (χ2v) is 11.9. The van der Waals surface area contributed by atoms with Crippen LogP contribution in [0.5, 0.6) is 0 Å². The summed E-state index contributed by atoms with van der Waals surface area (Å²) in [6, 6.07) is 23.8. The minimum absolute atomic E-state index is 0.0922. The molecule has 6 rings (SSSR count). The van der Waals surface area contributed by atoms with Gasteiger partial charge in [-0.25, -0.2) is 4.79 Å². The lowest BCUT2D eigenvalue weighted by Crippen LogP contribution is -2.41. The van der Waals surface area contributed by atoms with Crippen molar-refractivity contribution in [1.29, 1.82) is 0 Å². The Morgan fingerprint density at radius 1 is 0.897 bits per heavy atom. The van der Waals surface area contributed by atoms with Crippen LogP contribution in [0.1, 0.15) is 49.0 Å². The first-order valence-electron chi connectivity index (χ1n) is 13.3. The van der Waals surface area contributed by atoms with E-state index < -0.39 is 6.10 Å². The zero-order valence-corrected chi connectivity index (χ0v) is 23.5. The third kappa shape index (κ3) is 5.29. The van der Waals surface area contributed by atoms with Gasteiger partial charge in [0, 0.05) is 22.3 Å². The minimum Gasteiger partial charge on any atom is -0.454 e. The van der Waals surface area contributed by atoms with Crippen molar-refractivity contribution in [3.05, 3.63) is 110 Å². The summed E-state index contributed by atoms with van der Waals surface area (Å²) in [5.74, 6) is -0.446. The smallest absolute Gasteiger partial charge is 0.348 e. The molecule has 0 saturated heterocycles. The Hall–Kier alpha value is -3.68. The number of carbonyl (C=O) groups is 2. The molecule has 198 valence electrons. The maximum atomic E-state index is 13.8. The van der Waals surface area contributed by atoms with E-state index in [1.165, 1.54) is 45.7 Å². The number of aryl methyl sites for hydroxylation is 2. The van der Waals surface area contributed by atoms with E-state index in [0.717, 1.165) is 36.0 Å². The number of nitrogens with zero attached hydrogens (tertiary/aromatic N) is 2. The van der Waals surface area contributed by atoms with Crippen LogP contribution in [0.4, 0.5) is 5.69 Å². The zero-order chi connectivity index (χ0) is 26.8. The molecule has 0 unspecified atom stereocenters. The second kappa shape index (κ2) is 11.2. The molecule has 1 atom stereocenters. The van der Waals surface area contributed by atoms with Gasteiger partial charge in [0.25, 0.3) is 5.91 Å². The molecular formula is C32H30N2O3S2. The molecule has 0 saturated carbocycles. The average molecular weight is 555 g/mol. The number of amides is 1. The molecule has 5 nitrogen and oxygen atoms in total. The third-order valence-corrected chi connectivity index (χ3v) is 9.08. The fourth-order valence-electron chi connectivity index (χ4n) is 5.50. The predicted octanol–water partition coefficient (Wildman–Crippen LogP) is 7.52. The number of esters is 1. The van der Waals surface area contributed by atoms with E-state index in [4.69, 9.17) is 4.74 Å². The van der Waals surface area contributed by atoms with Gasteiger partial charge in [0.2, 0.25) is 0 Å². The number of thiophene rings is 2. The fourth-order valence-corrected chi connectivity index (χ4v) is 6.78. The fraction of sp³-hybridized carbons (Fsp3) is 0.250. The maximum absolute atomic E-state index is 13.8. The van der Waals surface area contributed by atoms with Crippen molar-refractivity contribution >= 4 is 51.1 Å². The van der Waals surface area contributed by atoms with Crippen molar-refractivity contribution in [1.82, 2.24) is 4.57 Å². The molecule has 0 spiro atoms. The number of carbonyl (C=O) groups excluding carboxylic acids is 2. The number of fused-ring (bicyclic) bond motifs is 3. The first-order valence-corrected chi connectivity index (χ1v) is 15.1. The summed E-state index contributed by atoms with van der Waals surface area (Å²) < 4.78 is 8.54. The van der Waals surface area contributed by atoms with Gasteiger partial charge < -0.3 is 14.2 Å². The molecule has 3 heterocycles. The van der Waals surface area contributed by atoms with Crippen LogP contribution in [0.2, 0.25) is 0 Å². The molecule has 0 N–H and O–H groups in total. The Balaban J connectivity index is 1.40. The van der Waals surface area contributed by atoms with Crippen molar-refractivity contribution in [2.45, 2.75) is 45.3 Å². The van der Waals surface area contributed by atoms with Crippen LogP contribution in [0, 0.1) is 6.92 Å². The normalized spacial score (nSPS) is 13.7. The highest BCUT2D eigenvalue weighted by Crippen LogP contribution is 2.33. The molecule has 3 aromatic heterocycles.